The molecular formula is C18H21NO3. The summed E-state index contributed by atoms with van der Waals surface area (Å²) in [5.74, 6) is -0.342. The monoisotopic (exact) mass is 299 g/mol. The molecule has 0 radical (unpaired) electrons. The van der Waals surface area contributed by atoms with Gasteiger partial charge in [0.2, 0.25) is 0 Å². The Hall–Kier alpha value is -2.10. The van der Waals surface area contributed by atoms with Crippen LogP contribution in [0.5, 0.6) is 0 Å². The first-order valence-electron chi connectivity index (χ1n) is 7.84. The van der Waals surface area contributed by atoms with Crippen molar-refractivity contribution >= 4 is 22.7 Å². The van der Waals surface area contributed by atoms with Crippen LogP contribution in [0.1, 0.15) is 25.3 Å². The molecular weight excluding hydrogens is 278 g/mol. The number of ketones is 1. The molecule has 0 unspecified atom stereocenters. The van der Waals surface area contributed by atoms with Gasteiger partial charge in [-0.3, -0.25) is 9.59 Å². The Balaban J connectivity index is 1.61. The Labute approximate surface area is 130 Å². The summed E-state index contributed by atoms with van der Waals surface area (Å²) in [6.45, 7) is 2.17. The van der Waals surface area contributed by atoms with E-state index in [9.17, 15) is 9.59 Å². The highest BCUT2D eigenvalue weighted by atomic mass is 16.5. The molecule has 1 aliphatic rings. The molecule has 0 spiro atoms. The van der Waals surface area contributed by atoms with Crippen LogP contribution in [0.15, 0.2) is 30.5 Å². The topological polar surface area (TPSA) is 48.3 Å². The molecule has 1 aliphatic carbocycles. The lowest BCUT2D eigenvalue weighted by molar-refractivity contribution is -0.145. The Bertz CT molecular complexity index is 716. The van der Waals surface area contributed by atoms with Gasteiger partial charge in [0.05, 0.1) is 12.5 Å². The molecule has 1 aromatic carbocycles. The molecule has 0 aliphatic heterocycles. The number of para-hydroxylation sites is 1. The van der Waals surface area contributed by atoms with Crippen molar-refractivity contribution in [1.29, 1.82) is 0 Å². The van der Waals surface area contributed by atoms with Crippen molar-refractivity contribution in [2.75, 3.05) is 6.61 Å². The molecule has 116 valence electrons. The molecule has 0 N–H and O–H groups in total. The smallest absolute Gasteiger partial charge is 0.309 e. The SMILES string of the molecule is CCOC(=O)[C@@H]1C[C@H]1C(=O)CCc1cn(C)c2ccccc12. The van der Waals surface area contributed by atoms with Gasteiger partial charge in [-0.15, -0.1) is 0 Å². The van der Waals surface area contributed by atoms with Crippen LogP contribution >= 0.6 is 0 Å². The summed E-state index contributed by atoms with van der Waals surface area (Å²) in [4.78, 5) is 23.8. The van der Waals surface area contributed by atoms with Gasteiger partial charge in [-0.1, -0.05) is 18.2 Å². The molecule has 1 aromatic heterocycles. The van der Waals surface area contributed by atoms with E-state index in [4.69, 9.17) is 4.74 Å². The number of esters is 1. The van der Waals surface area contributed by atoms with Crippen LogP contribution < -0.4 is 0 Å². The van der Waals surface area contributed by atoms with Gasteiger partial charge in [0, 0.05) is 36.5 Å². The van der Waals surface area contributed by atoms with E-state index in [2.05, 4.69) is 22.9 Å². The highest BCUT2D eigenvalue weighted by Crippen LogP contribution is 2.41. The second-order valence-electron chi connectivity index (χ2n) is 5.95. The highest BCUT2D eigenvalue weighted by Gasteiger charge is 2.48. The first-order chi connectivity index (χ1) is 10.6. The summed E-state index contributed by atoms with van der Waals surface area (Å²) in [5.41, 5.74) is 2.38. The number of aromatic nitrogens is 1. The molecule has 1 saturated carbocycles. The number of rotatable bonds is 6. The number of carbonyl (C=O) groups excluding carboxylic acids is 2. The van der Waals surface area contributed by atoms with Gasteiger partial charge in [0.15, 0.2) is 0 Å². The minimum Gasteiger partial charge on any atom is -0.466 e. The van der Waals surface area contributed by atoms with Gasteiger partial charge in [-0.2, -0.15) is 0 Å². The zero-order chi connectivity index (χ0) is 15.7. The first-order valence-corrected chi connectivity index (χ1v) is 7.84. The maximum absolute atomic E-state index is 12.2. The number of nitrogens with zero attached hydrogens (tertiary/aromatic N) is 1. The third-order valence-electron chi connectivity index (χ3n) is 4.41. The maximum atomic E-state index is 12.2. The fourth-order valence-electron chi connectivity index (χ4n) is 3.13. The number of hydrogen-bond donors (Lipinski definition) is 0. The summed E-state index contributed by atoms with van der Waals surface area (Å²) >= 11 is 0. The van der Waals surface area contributed by atoms with Gasteiger partial charge in [-0.05, 0) is 31.4 Å². The van der Waals surface area contributed by atoms with Crippen molar-refractivity contribution in [2.45, 2.75) is 26.2 Å². The van der Waals surface area contributed by atoms with Crippen LogP contribution in [-0.2, 0) is 27.8 Å². The lowest BCUT2D eigenvalue weighted by atomic mass is 10.0. The van der Waals surface area contributed by atoms with Crippen molar-refractivity contribution < 1.29 is 14.3 Å². The zero-order valence-electron chi connectivity index (χ0n) is 13.0. The third-order valence-corrected chi connectivity index (χ3v) is 4.41. The van der Waals surface area contributed by atoms with Gasteiger partial charge in [0.1, 0.15) is 5.78 Å². The second kappa shape index (κ2) is 5.95. The van der Waals surface area contributed by atoms with Crippen molar-refractivity contribution in [2.24, 2.45) is 18.9 Å². The Kier molecular flexibility index (Phi) is 4.01. The molecule has 1 fully saturated rings. The van der Waals surface area contributed by atoms with Crippen molar-refractivity contribution in [1.82, 2.24) is 4.57 Å². The van der Waals surface area contributed by atoms with Gasteiger partial charge in [0.25, 0.3) is 0 Å². The minimum absolute atomic E-state index is 0.117. The molecule has 0 amide bonds. The van der Waals surface area contributed by atoms with Crippen molar-refractivity contribution in [3.63, 3.8) is 0 Å². The molecule has 4 nitrogen and oxygen atoms in total. The molecule has 2 aromatic rings. The molecule has 4 heteroatoms. The average Bonchev–Trinajstić information content (AvgIpc) is 3.26. The number of fused-ring (bicyclic) bond motifs is 1. The van der Waals surface area contributed by atoms with E-state index in [1.165, 1.54) is 16.5 Å². The second-order valence-corrected chi connectivity index (χ2v) is 5.95. The fourth-order valence-corrected chi connectivity index (χ4v) is 3.13. The minimum atomic E-state index is -0.217. The average molecular weight is 299 g/mol. The van der Waals surface area contributed by atoms with Crippen LogP contribution in [0.3, 0.4) is 0 Å². The van der Waals surface area contributed by atoms with Crippen LogP contribution in [0.2, 0.25) is 0 Å². The lowest BCUT2D eigenvalue weighted by Crippen LogP contribution is -2.12. The van der Waals surface area contributed by atoms with E-state index >= 15 is 0 Å². The molecule has 0 saturated heterocycles. The van der Waals surface area contributed by atoms with E-state index in [1.807, 2.05) is 19.2 Å². The van der Waals surface area contributed by atoms with E-state index in [-0.39, 0.29) is 23.6 Å². The largest absolute Gasteiger partial charge is 0.466 e. The van der Waals surface area contributed by atoms with Gasteiger partial charge in [-0.25, -0.2) is 0 Å². The molecule has 2 atom stereocenters. The molecule has 1 heterocycles. The van der Waals surface area contributed by atoms with Gasteiger partial charge >= 0.3 is 5.97 Å². The Morgan fingerprint density at radius 3 is 2.82 bits per heavy atom. The number of ether oxygens (including phenoxy) is 1. The van der Waals surface area contributed by atoms with Crippen molar-refractivity contribution in [3.05, 3.63) is 36.0 Å². The standard InChI is InChI=1S/C18H21NO3/c1-3-22-18(21)15-10-14(15)17(20)9-8-12-11-19(2)16-7-5-4-6-13(12)16/h4-7,11,14-15H,3,8-10H2,1-2H3/t14-,15-/m1/s1. The van der Waals surface area contributed by atoms with Crippen LogP contribution in [0.4, 0.5) is 0 Å². The van der Waals surface area contributed by atoms with E-state index in [1.54, 1.807) is 6.92 Å². The summed E-state index contributed by atoms with van der Waals surface area (Å²) < 4.78 is 7.07. The van der Waals surface area contributed by atoms with Gasteiger partial charge < -0.3 is 9.30 Å². The third kappa shape index (κ3) is 2.78. The lowest BCUT2D eigenvalue weighted by Gasteiger charge is -2.01. The zero-order valence-corrected chi connectivity index (χ0v) is 13.0. The summed E-state index contributed by atoms with van der Waals surface area (Å²) in [5, 5.41) is 1.20. The number of benzene rings is 1. The number of hydrogen-bond acceptors (Lipinski definition) is 3. The first kappa shape index (κ1) is 14.8. The Morgan fingerprint density at radius 2 is 2.05 bits per heavy atom. The van der Waals surface area contributed by atoms with Crippen LogP contribution in [0, 0.1) is 11.8 Å². The van der Waals surface area contributed by atoms with Crippen molar-refractivity contribution in [3.8, 4) is 0 Å². The Morgan fingerprint density at radius 1 is 1.27 bits per heavy atom. The summed E-state index contributed by atoms with van der Waals surface area (Å²) in [6.07, 6.45) is 3.97. The number of aryl methyl sites for hydroxylation is 2. The van der Waals surface area contributed by atoms with E-state index < -0.39 is 0 Å². The van der Waals surface area contributed by atoms with Crippen LogP contribution in [0.25, 0.3) is 10.9 Å². The molecule has 0 bridgehead atoms. The molecule has 3 rings (SSSR count). The number of Topliss-reactive ketones (excluding diaryl/α,β-unsaturated/α-hetero) is 1. The molecule has 22 heavy (non-hydrogen) atoms. The maximum Gasteiger partial charge on any atom is 0.309 e. The normalized spacial score (nSPS) is 20.1. The predicted molar refractivity (Wildman–Crippen MR) is 84.5 cm³/mol. The fraction of sp³-hybridized carbons (Fsp3) is 0.444. The van der Waals surface area contributed by atoms with Crippen LogP contribution in [-0.4, -0.2) is 22.9 Å². The predicted octanol–water partition coefficient (Wildman–Crippen LogP) is 2.88. The number of carbonyl (C=O) groups is 2. The summed E-state index contributed by atoms with van der Waals surface area (Å²) in [7, 11) is 2.02. The quantitative estimate of drug-likeness (QED) is 0.771. The van der Waals surface area contributed by atoms with E-state index in [0.29, 0.717) is 19.4 Å². The highest BCUT2D eigenvalue weighted by molar-refractivity contribution is 5.92. The van der Waals surface area contributed by atoms with E-state index in [0.717, 1.165) is 6.42 Å². The summed E-state index contributed by atoms with van der Waals surface area (Å²) in [6, 6.07) is 8.21.